The SMILES string of the molecule is CC[Si](CC)(CC)c1ccc(-c2ccnc(-c3[c-]ccc4c3oc3c5ccccc5ccc43)c2)cc1.[2H]C([2H])([2H])c1c[c-]c(-c2ccc(C([2H])([2H])[2H])cn2)cc1.[Ir]. The molecule has 0 saturated heterocycles. The third-order valence-corrected chi connectivity index (χ3v) is 15.7. The number of benzene rings is 5. The van der Waals surface area contributed by atoms with E-state index >= 15 is 0 Å². The largest absolute Gasteiger partial charge is 0.500 e. The van der Waals surface area contributed by atoms with E-state index in [1.54, 1.807) is 17.3 Å². The molecule has 0 aliphatic rings. The van der Waals surface area contributed by atoms with E-state index in [4.69, 9.17) is 17.6 Å². The van der Waals surface area contributed by atoms with Crippen LogP contribution in [0.3, 0.4) is 0 Å². The Kier molecular flexibility index (Phi) is 8.91. The molecule has 3 heterocycles. The zero-order valence-electron chi connectivity index (χ0n) is 34.9. The van der Waals surface area contributed by atoms with Gasteiger partial charge in [-0.3, -0.25) is 0 Å². The third kappa shape index (κ3) is 7.25. The first kappa shape index (κ1) is 29.0. The van der Waals surface area contributed by atoms with Crippen LogP contribution in [0.4, 0.5) is 0 Å². The van der Waals surface area contributed by atoms with Crippen molar-refractivity contribution in [3.05, 3.63) is 151 Å². The van der Waals surface area contributed by atoms with Crippen LogP contribution in [-0.4, -0.2) is 18.0 Å². The predicted molar refractivity (Wildman–Crippen MR) is 214 cm³/mol. The summed E-state index contributed by atoms with van der Waals surface area (Å²) < 4.78 is 50.2. The van der Waals surface area contributed by atoms with Gasteiger partial charge >= 0.3 is 0 Å². The molecule has 3 aromatic heterocycles. The fourth-order valence-electron chi connectivity index (χ4n) is 6.92. The van der Waals surface area contributed by atoms with Crippen molar-refractivity contribution >= 4 is 46.0 Å². The minimum Gasteiger partial charge on any atom is -0.500 e. The number of pyridine rings is 2. The van der Waals surface area contributed by atoms with Crippen LogP contribution < -0.4 is 5.19 Å². The van der Waals surface area contributed by atoms with Crippen molar-refractivity contribution < 1.29 is 32.7 Å². The molecule has 3 nitrogen and oxygen atoms in total. The van der Waals surface area contributed by atoms with Crippen molar-refractivity contribution in [2.75, 3.05) is 0 Å². The molecule has 0 saturated carbocycles. The summed E-state index contributed by atoms with van der Waals surface area (Å²) in [7, 11) is -1.38. The summed E-state index contributed by atoms with van der Waals surface area (Å²) >= 11 is 0. The number of hydrogen-bond donors (Lipinski definition) is 0. The molecule has 8 rings (SSSR count). The molecule has 0 atom stereocenters. The second kappa shape index (κ2) is 15.7. The topological polar surface area (TPSA) is 38.9 Å². The fourth-order valence-corrected chi connectivity index (χ4v) is 10.5. The van der Waals surface area contributed by atoms with Crippen LogP contribution in [0, 0.1) is 25.8 Å². The molecule has 5 aromatic carbocycles. The second-order valence-corrected chi connectivity index (χ2v) is 17.9. The van der Waals surface area contributed by atoms with E-state index in [1.807, 2.05) is 12.3 Å². The Morgan fingerprint density at radius 1 is 0.667 bits per heavy atom. The molecular formula is C46H42IrN2OSi-2. The summed E-state index contributed by atoms with van der Waals surface area (Å²) in [5, 5.41) is 6.10. The summed E-state index contributed by atoms with van der Waals surface area (Å²) in [5.41, 5.74) is 7.47. The first-order valence-corrected chi connectivity index (χ1v) is 19.8. The van der Waals surface area contributed by atoms with Crippen LogP contribution in [0.2, 0.25) is 18.1 Å². The molecule has 0 unspecified atom stereocenters. The van der Waals surface area contributed by atoms with Crippen LogP contribution >= 0.6 is 0 Å². The number of aryl methyl sites for hydroxylation is 2. The predicted octanol–water partition coefficient (Wildman–Crippen LogP) is 12.1. The van der Waals surface area contributed by atoms with Crippen LogP contribution in [0.1, 0.15) is 40.1 Å². The fraction of sp³-hybridized carbons (Fsp3) is 0.174. The van der Waals surface area contributed by atoms with E-state index in [2.05, 4.69) is 117 Å². The summed E-state index contributed by atoms with van der Waals surface area (Å²) in [6.45, 7) is 2.74. The van der Waals surface area contributed by atoms with Gasteiger partial charge in [-0.05, 0) is 46.4 Å². The summed E-state index contributed by atoms with van der Waals surface area (Å²) in [6.07, 6.45) is 3.19. The molecule has 0 aliphatic carbocycles. The van der Waals surface area contributed by atoms with E-state index in [1.165, 1.54) is 53.5 Å². The Morgan fingerprint density at radius 2 is 1.43 bits per heavy atom. The Balaban J connectivity index is 0.000000223. The standard InChI is InChI=1S/C33H30NOSi.C13H12N.Ir/c1-4-36(5-2,6-3)26-17-14-23(15-18-26)25-20-21-34-31(22-25)30-13-9-12-28-29-19-16-24-10-7-8-11-27(24)32(29)35-33(28)30;1-10-3-6-12(7-4-10)13-8-5-11(2)9-14-13;/h7-12,14-22H,4-6H2,1-3H3;3-6,8-9H,1-2H3;/q2*-1;/i;1D3,2D3;. The molecule has 0 spiro atoms. The Bertz CT molecular complexity index is 2550. The molecule has 0 fully saturated rings. The van der Waals surface area contributed by atoms with Crippen LogP contribution in [0.15, 0.2) is 132 Å². The van der Waals surface area contributed by atoms with Crippen molar-refractivity contribution in [1.82, 2.24) is 9.97 Å². The number of rotatable bonds is 7. The first-order valence-electron chi connectivity index (χ1n) is 20.2. The average molecular weight is 865 g/mol. The minimum absolute atomic E-state index is 0. The van der Waals surface area contributed by atoms with E-state index in [9.17, 15) is 0 Å². The number of fused-ring (bicyclic) bond motifs is 5. The molecule has 8 aromatic rings. The monoisotopic (exact) mass is 865 g/mol. The minimum atomic E-state index is -2.18. The van der Waals surface area contributed by atoms with Crippen LogP contribution in [-0.2, 0) is 20.1 Å². The van der Waals surface area contributed by atoms with Crippen LogP contribution in [0.5, 0.6) is 0 Å². The van der Waals surface area contributed by atoms with Gasteiger partial charge in [0.1, 0.15) is 5.58 Å². The quantitative estimate of drug-likeness (QED) is 0.118. The van der Waals surface area contributed by atoms with E-state index in [0.717, 1.165) is 44.1 Å². The second-order valence-electron chi connectivity index (χ2n) is 12.6. The maximum atomic E-state index is 7.28. The first-order chi connectivity index (χ1) is 26.8. The maximum Gasteiger partial charge on any atom is 0.128 e. The van der Waals surface area contributed by atoms with Gasteiger partial charge in [-0.1, -0.05) is 141 Å². The molecule has 51 heavy (non-hydrogen) atoms. The van der Waals surface area contributed by atoms with Crippen molar-refractivity contribution in [1.29, 1.82) is 0 Å². The van der Waals surface area contributed by atoms with Crippen molar-refractivity contribution in [3.8, 4) is 33.6 Å². The third-order valence-electron chi connectivity index (χ3n) is 10.1. The molecular weight excluding hydrogens is 817 g/mol. The van der Waals surface area contributed by atoms with Gasteiger partial charge in [-0.15, -0.1) is 53.6 Å². The number of hydrogen-bond acceptors (Lipinski definition) is 3. The number of nitrogens with zero attached hydrogens (tertiary/aromatic N) is 2. The Morgan fingerprint density at radius 3 is 2.14 bits per heavy atom. The van der Waals surface area contributed by atoms with Gasteiger partial charge in [0, 0.05) is 51.5 Å². The van der Waals surface area contributed by atoms with Gasteiger partial charge in [0.2, 0.25) is 0 Å². The molecule has 0 aliphatic heterocycles. The zero-order valence-corrected chi connectivity index (χ0v) is 32.3. The molecule has 0 N–H and O–H groups in total. The number of aromatic nitrogens is 2. The van der Waals surface area contributed by atoms with Gasteiger partial charge in [0.15, 0.2) is 0 Å². The molecule has 0 amide bonds. The van der Waals surface area contributed by atoms with Gasteiger partial charge < -0.3 is 14.4 Å². The zero-order chi connectivity index (χ0) is 39.7. The van der Waals surface area contributed by atoms with Crippen molar-refractivity contribution in [3.63, 3.8) is 0 Å². The molecule has 1 radical (unpaired) electrons. The molecule has 5 heteroatoms. The average Bonchev–Trinajstić information content (AvgIpc) is 3.61. The van der Waals surface area contributed by atoms with Crippen molar-refractivity contribution in [2.45, 2.75) is 52.6 Å². The number of furan rings is 1. The van der Waals surface area contributed by atoms with Crippen molar-refractivity contribution in [2.24, 2.45) is 0 Å². The summed E-state index contributed by atoms with van der Waals surface area (Å²) in [4.78, 5) is 8.81. The normalized spacial score (nSPS) is 13.5. The molecule has 0 bridgehead atoms. The molecule has 257 valence electrons. The summed E-state index contributed by atoms with van der Waals surface area (Å²) in [5.74, 6) is 0. The van der Waals surface area contributed by atoms with E-state index in [0.29, 0.717) is 11.3 Å². The smallest absolute Gasteiger partial charge is 0.128 e. The maximum absolute atomic E-state index is 7.28. The van der Waals surface area contributed by atoms with E-state index in [-0.39, 0.29) is 31.2 Å². The summed E-state index contributed by atoms with van der Waals surface area (Å²) in [6, 6.07) is 48.1. The van der Waals surface area contributed by atoms with Gasteiger partial charge in [-0.2, -0.15) is 0 Å². The Labute approximate surface area is 324 Å². The van der Waals surface area contributed by atoms with Crippen LogP contribution in [0.25, 0.3) is 66.4 Å². The van der Waals surface area contributed by atoms with E-state index < -0.39 is 21.8 Å². The van der Waals surface area contributed by atoms with Gasteiger partial charge in [0.25, 0.3) is 0 Å². The Hall–Kier alpha value is -4.67. The van der Waals surface area contributed by atoms with Gasteiger partial charge in [-0.25, -0.2) is 0 Å². The van der Waals surface area contributed by atoms with Gasteiger partial charge in [0.05, 0.1) is 13.7 Å².